The van der Waals surface area contributed by atoms with Gasteiger partial charge in [-0.15, -0.1) is 0 Å². The molecule has 0 aliphatic carbocycles. The number of imidazole rings is 1. The molecule has 0 saturated carbocycles. The average molecular weight is 188 g/mol. The van der Waals surface area contributed by atoms with Crippen molar-refractivity contribution in [2.45, 2.75) is 13.1 Å². The van der Waals surface area contributed by atoms with Crippen LogP contribution in [0, 0.1) is 15.3 Å². The number of rotatable bonds is 1. The number of aromatic nitrogens is 2. The molecule has 0 amide bonds. The zero-order chi connectivity index (χ0) is 10.4. The highest BCUT2D eigenvalue weighted by molar-refractivity contribution is 4.62. The van der Waals surface area contributed by atoms with Crippen molar-refractivity contribution in [3.05, 3.63) is 34.0 Å². The summed E-state index contributed by atoms with van der Waals surface area (Å²) in [7, 11) is 1.97. The quantitative estimate of drug-likeness (QED) is 0.366. The lowest BCUT2D eigenvalue weighted by atomic mass is 10.6. The zero-order valence-corrected chi connectivity index (χ0v) is 7.45. The molecule has 0 saturated heterocycles. The second-order valence-electron chi connectivity index (χ2n) is 2.49. The SMILES string of the molecule is CC(N)[n+]1ccn(C)c1.O=[N+]([O-])[O-]. The van der Waals surface area contributed by atoms with Gasteiger partial charge in [-0.25, -0.2) is 9.13 Å². The van der Waals surface area contributed by atoms with Gasteiger partial charge in [-0.2, -0.15) is 0 Å². The minimum absolute atomic E-state index is 0.0752. The molecule has 1 atom stereocenters. The second kappa shape index (κ2) is 5.09. The number of nitrogens with two attached hydrogens (primary N) is 1. The topological polar surface area (TPSA) is 101 Å². The zero-order valence-electron chi connectivity index (χ0n) is 7.45. The molecule has 1 unspecified atom stereocenters. The lowest BCUT2D eigenvalue weighted by Crippen LogP contribution is -2.40. The molecule has 13 heavy (non-hydrogen) atoms. The van der Waals surface area contributed by atoms with E-state index >= 15 is 0 Å². The molecule has 0 aliphatic heterocycles. The molecule has 0 aliphatic rings. The van der Waals surface area contributed by atoms with Crippen LogP contribution in [0.2, 0.25) is 0 Å². The Labute approximate surface area is 75.1 Å². The monoisotopic (exact) mass is 188 g/mol. The fourth-order valence-corrected chi connectivity index (χ4v) is 0.710. The van der Waals surface area contributed by atoms with Gasteiger partial charge in [-0.3, -0.25) is 5.73 Å². The summed E-state index contributed by atoms with van der Waals surface area (Å²) in [5.41, 5.74) is 5.58. The number of aryl methyl sites for hydroxylation is 1. The van der Waals surface area contributed by atoms with Crippen LogP contribution in [0.3, 0.4) is 0 Å². The predicted molar refractivity (Wildman–Crippen MR) is 44.9 cm³/mol. The first-order chi connectivity index (χ1) is 5.93. The minimum Gasteiger partial charge on any atom is -0.356 e. The van der Waals surface area contributed by atoms with E-state index in [1.807, 2.05) is 41.8 Å². The molecular weight excluding hydrogens is 176 g/mol. The van der Waals surface area contributed by atoms with Gasteiger partial charge in [0.15, 0.2) is 0 Å². The maximum absolute atomic E-state index is 8.25. The Balaban J connectivity index is 0.000000310. The van der Waals surface area contributed by atoms with Crippen molar-refractivity contribution >= 4 is 0 Å². The highest BCUT2D eigenvalue weighted by Gasteiger charge is 2.02. The third-order valence-electron chi connectivity index (χ3n) is 1.26. The van der Waals surface area contributed by atoms with E-state index in [0.29, 0.717) is 0 Å². The largest absolute Gasteiger partial charge is 0.356 e. The first-order valence-electron chi connectivity index (χ1n) is 3.53. The Morgan fingerprint density at radius 1 is 1.62 bits per heavy atom. The summed E-state index contributed by atoms with van der Waals surface area (Å²) in [5, 5.41) is 14.8. The first-order valence-corrected chi connectivity index (χ1v) is 3.53. The van der Waals surface area contributed by atoms with Crippen molar-refractivity contribution in [1.82, 2.24) is 4.57 Å². The van der Waals surface area contributed by atoms with Gasteiger partial charge in [0.2, 0.25) is 6.33 Å². The standard InChI is InChI=1S/C6H12N3.NO3/c1-6(7)9-4-3-8(2)5-9;2-1(3)4/h3-6H,7H2,1-2H3;/q+1;-1. The maximum Gasteiger partial charge on any atom is 0.244 e. The molecule has 1 rings (SSSR count). The van der Waals surface area contributed by atoms with Crippen LogP contribution in [0.1, 0.15) is 13.1 Å². The molecular formula is C6H12N4O3. The average Bonchev–Trinajstić information content (AvgIpc) is 2.34. The van der Waals surface area contributed by atoms with Crippen molar-refractivity contribution in [1.29, 1.82) is 0 Å². The molecule has 0 spiro atoms. The van der Waals surface area contributed by atoms with Gasteiger partial charge in [0.25, 0.3) is 0 Å². The van der Waals surface area contributed by atoms with E-state index in [1.54, 1.807) is 0 Å². The van der Waals surface area contributed by atoms with Gasteiger partial charge < -0.3 is 15.3 Å². The van der Waals surface area contributed by atoms with Gasteiger partial charge >= 0.3 is 0 Å². The van der Waals surface area contributed by atoms with Crippen LogP contribution in [0.15, 0.2) is 18.7 Å². The second-order valence-corrected chi connectivity index (χ2v) is 2.49. The lowest BCUT2D eigenvalue weighted by molar-refractivity contribution is -0.718. The van der Waals surface area contributed by atoms with Crippen molar-refractivity contribution in [3.63, 3.8) is 0 Å². The van der Waals surface area contributed by atoms with Crippen LogP contribution in [-0.2, 0) is 7.05 Å². The summed E-state index contributed by atoms with van der Waals surface area (Å²) < 4.78 is 3.91. The minimum atomic E-state index is -1.75. The molecule has 7 nitrogen and oxygen atoms in total. The van der Waals surface area contributed by atoms with Crippen LogP contribution in [0.25, 0.3) is 0 Å². The lowest BCUT2D eigenvalue weighted by Gasteiger charge is -1.96. The normalized spacial score (nSPS) is 11.3. The molecule has 74 valence electrons. The fraction of sp³-hybridized carbons (Fsp3) is 0.500. The highest BCUT2D eigenvalue weighted by Crippen LogP contribution is 1.82. The summed E-state index contributed by atoms with van der Waals surface area (Å²) in [6.45, 7) is 1.94. The smallest absolute Gasteiger partial charge is 0.244 e. The van der Waals surface area contributed by atoms with E-state index in [2.05, 4.69) is 0 Å². The molecule has 0 fully saturated rings. The number of hydrogen-bond acceptors (Lipinski definition) is 4. The van der Waals surface area contributed by atoms with E-state index in [0.717, 1.165) is 0 Å². The highest BCUT2D eigenvalue weighted by atomic mass is 16.9. The van der Waals surface area contributed by atoms with E-state index in [4.69, 9.17) is 21.1 Å². The summed E-state index contributed by atoms with van der Waals surface area (Å²) in [6, 6.07) is 0. The Morgan fingerprint density at radius 3 is 2.23 bits per heavy atom. The van der Waals surface area contributed by atoms with E-state index in [1.165, 1.54) is 0 Å². The van der Waals surface area contributed by atoms with E-state index in [9.17, 15) is 0 Å². The maximum atomic E-state index is 8.25. The number of hydrogen-bond donors (Lipinski definition) is 1. The van der Waals surface area contributed by atoms with Crippen molar-refractivity contribution in [3.8, 4) is 0 Å². The molecule has 2 N–H and O–H groups in total. The van der Waals surface area contributed by atoms with Crippen molar-refractivity contribution < 1.29 is 9.65 Å². The van der Waals surface area contributed by atoms with Crippen molar-refractivity contribution in [2.24, 2.45) is 12.8 Å². The summed E-state index contributed by atoms with van der Waals surface area (Å²) in [4.78, 5) is 8.25. The van der Waals surface area contributed by atoms with Gasteiger partial charge in [0.1, 0.15) is 18.6 Å². The molecule has 1 aromatic rings. The van der Waals surface area contributed by atoms with Gasteiger partial charge in [-0.05, 0) is 6.92 Å². The molecule has 7 heteroatoms. The summed E-state index contributed by atoms with van der Waals surface area (Å²) in [6.07, 6.45) is 5.94. The fourth-order valence-electron chi connectivity index (χ4n) is 0.710. The first kappa shape index (κ1) is 11.4. The van der Waals surface area contributed by atoms with Gasteiger partial charge in [0.05, 0.1) is 12.1 Å². The number of nitrogens with zero attached hydrogens (tertiary/aromatic N) is 3. The van der Waals surface area contributed by atoms with E-state index < -0.39 is 5.09 Å². The molecule has 1 heterocycles. The van der Waals surface area contributed by atoms with Gasteiger partial charge in [0, 0.05) is 0 Å². The Morgan fingerprint density at radius 2 is 2.08 bits per heavy atom. The summed E-state index contributed by atoms with van der Waals surface area (Å²) >= 11 is 0. The molecule has 0 aromatic carbocycles. The molecule has 0 bridgehead atoms. The van der Waals surface area contributed by atoms with E-state index in [-0.39, 0.29) is 6.17 Å². The van der Waals surface area contributed by atoms with Crippen LogP contribution < -0.4 is 10.3 Å². The third-order valence-corrected chi connectivity index (χ3v) is 1.26. The summed E-state index contributed by atoms with van der Waals surface area (Å²) in [5.74, 6) is 0. The molecule has 1 aromatic heterocycles. The Bertz CT molecular complexity index is 267. The molecule has 0 radical (unpaired) electrons. The van der Waals surface area contributed by atoms with Gasteiger partial charge in [-0.1, -0.05) is 0 Å². The third kappa shape index (κ3) is 5.62. The van der Waals surface area contributed by atoms with Crippen LogP contribution >= 0.6 is 0 Å². The predicted octanol–water partition coefficient (Wildman–Crippen LogP) is -0.449. The van der Waals surface area contributed by atoms with Crippen molar-refractivity contribution in [2.75, 3.05) is 0 Å². The van der Waals surface area contributed by atoms with Crippen LogP contribution in [0.4, 0.5) is 0 Å². The Kier molecular flexibility index (Phi) is 4.45. The van der Waals surface area contributed by atoms with Crippen LogP contribution in [-0.4, -0.2) is 9.65 Å². The van der Waals surface area contributed by atoms with Crippen LogP contribution in [0.5, 0.6) is 0 Å². The Hall–Kier alpha value is -1.63.